The van der Waals surface area contributed by atoms with Gasteiger partial charge in [0.15, 0.2) is 5.82 Å². The average molecular weight is 361 g/mol. The Kier molecular flexibility index (Phi) is 3.14. The molecule has 0 amide bonds. The Morgan fingerprint density at radius 1 is 0.679 bits per heavy atom. The van der Waals surface area contributed by atoms with E-state index in [4.69, 9.17) is 4.42 Å². The van der Waals surface area contributed by atoms with Crippen molar-refractivity contribution in [2.24, 2.45) is 0 Å². The minimum atomic E-state index is 0.721. The lowest BCUT2D eigenvalue weighted by Gasteiger charge is -2.08. The zero-order valence-electron chi connectivity index (χ0n) is 14.9. The number of para-hydroxylation sites is 1. The molecular formula is C24H15N3O. The number of hydrogen-bond donors (Lipinski definition) is 0. The van der Waals surface area contributed by atoms with Crippen LogP contribution in [0.25, 0.3) is 49.9 Å². The first kappa shape index (κ1) is 15.2. The Morgan fingerprint density at radius 2 is 1.46 bits per heavy atom. The molecule has 0 aliphatic rings. The predicted molar refractivity (Wildman–Crippen MR) is 112 cm³/mol. The standard InChI is InChI=1S/C24H15N3O/c1-2-6-16(7-3-1)24-25-14-17(15-26-24)27-21-9-5-4-8-18(21)19-10-11-22-20(23(19)27)12-13-28-22/h1-15H. The van der Waals surface area contributed by atoms with Gasteiger partial charge in [-0.15, -0.1) is 0 Å². The quantitative estimate of drug-likeness (QED) is 0.381. The van der Waals surface area contributed by atoms with Gasteiger partial charge in [0.1, 0.15) is 5.58 Å². The van der Waals surface area contributed by atoms with Crippen molar-refractivity contribution in [2.75, 3.05) is 0 Å². The Balaban J connectivity index is 1.66. The zero-order chi connectivity index (χ0) is 18.5. The van der Waals surface area contributed by atoms with E-state index in [0.29, 0.717) is 0 Å². The number of nitrogens with zero attached hydrogens (tertiary/aromatic N) is 3. The molecule has 4 heteroatoms. The molecule has 0 bridgehead atoms. The van der Waals surface area contributed by atoms with Crippen molar-refractivity contribution in [1.29, 1.82) is 0 Å². The van der Waals surface area contributed by atoms with Crippen molar-refractivity contribution in [1.82, 2.24) is 14.5 Å². The first-order valence-electron chi connectivity index (χ1n) is 9.17. The van der Waals surface area contributed by atoms with Gasteiger partial charge >= 0.3 is 0 Å². The van der Waals surface area contributed by atoms with Crippen molar-refractivity contribution >= 4 is 32.8 Å². The Hall–Kier alpha value is -3.92. The second-order valence-electron chi connectivity index (χ2n) is 6.78. The van der Waals surface area contributed by atoms with Gasteiger partial charge in [-0.05, 0) is 24.3 Å². The molecule has 0 saturated heterocycles. The third-order valence-electron chi connectivity index (χ3n) is 5.19. The van der Waals surface area contributed by atoms with Gasteiger partial charge in [-0.1, -0.05) is 48.5 Å². The summed E-state index contributed by atoms with van der Waals surface area (Å²) in [4.78, 5) is 9.26. The number of aromatic nitrogens is 3. The molecule has 0 N–H and O–H groups in total. The summed E-state index contributed by atoms with van der Waals surface area (Å²) in [5, 5.41) is 3.48. The fourth-order valence-corrected chi connectivity index (χ4v) is 3.94. The lowest BCUT2D eigenvalue weighted by molar-refractivity contribution is 0.616. The zero-order valence-corrected chi connectivity index (χ0v) is 14.9. The van der Waals surface area contributed by atoms with Crippen LogP contribution in [0.2, 0.25) is 0 Å². The van der Waals surface area contributed by atoms with Crippen molar-refractivity contribution in [3.8, 4) is 17.1 Å². The van der Waals surface area contributed by atoms with Crippen LogP contribution in [-0.2, 0) is 0 Å². The summed E-state index contributed by atoms with van der Waals surface area (Å²) >= 11 is 0. The maximum atomic E-state index is 5.65. The van der Waals surface area contributed by atoms with E-state index in [2.05, 4.69) is 44.9 Å². The third kappa shape index (κ3) is 2.12. The number of hydrogen-bond acceptors (Lipinski definition) is 3. The summed E-state index contributed by atoms with van der Waals surface area (Å²) in [6, 6.07) is 24.6. The molecule has 0 saturated carbocycles. The van der Waals surface area contributed by atoms with E-state index in [1.807, 2.05) is 54.9 Å². The van der Waals surface area contributed by atoms with Crippen LogP contribution < -0.4 is 0 Å². The molecule has 0 unspecified atom stereocenters. The molecule has 0 aliphatic carbocycles. The molecular weight excluding hydrogens is 346 g/mol. The number of benzene rings is 3. The molecule has 3 heterocycles. The largest absolute Gasteiger partial charge is 0.464 e. The highest BCUT2D eigenvalue weighted by molar-refractivity contribution is 6.17. The first-order valence-corrected chi connectivity index (χ1v) is 9.17. The molecule has 3 aromatic heterocycles. The molecule has 28 heavy (non-hydrogen) atoms. The monoisotopic (exact) mass is 361 g/mol. The minimum Gasteiger partial charge on any atom is -0.464 e. The fourth-order valence-electron chi connectivity index (χ4n) is 3.94. The van der Waals surface area contributed by atoms with Crippen molar-refractivity contribution in [3.05, 3.63) is 91.5 Å². The second-order valence-corrected chi connectivity index (χ2v) is 6.78. The summed E-state index contributed by atoms with van der Waals surface area (Å²) in [7, 11) is 0. The van der Waals surface area contributed by atoms with Crippen LogP contribution >= 0.6 is 0 Å². The van der Waals surface area contributed by atoms with E-state index in [1.165, 1.54) is 10.8 Å². The summed E-state index contributed by atoms with van der Waals surface area (Å²) < 4.78 is 7.86. The first-order chi connectivity index (χ1) is 13.9. The lowest BCUT2D eigenvalue weighted by Crippen LogP contribution is -1.98. The number of rotatable bonds is 2. The Labute approximate surface area is 160 Å². The number of furan rings is 1. The second kappa shape index (κ2) is 5.79. The van der Waals surface area contributed by atoms with Crippen LogP contribution in [0.15, 0.2) is 95.9 Å². The van der Waals surface area contributed by atoms with Gasteiger partial charge in [0.05, 0.1) is 35.4 Å². The molecule has 6 rings (SSSR count). The van der Waals surface area contributed by atoms with E-state index in [9.17, 15) is 0 Å². The van der Waals surface area contributed by atoms with Crippen LogP contribution in [0.1, 0.15) is 0 Å². The predicted octanol–water partition coefficient (Wildman–Crippen LogP) is 5.99. The molecule has 3 aromatic carbocycles. The summed E-state index contributed by atoms with van der Waals surface area (Å²) in [6.07, 6.45) is 5.52. The maximum Gasteiger partial charge on any atom is 0.159 e. The van der Waals surface area contributed by atoms with Gasteiger partial charge in [-0.3, -0.25) is 0 Å². The van der Waals surface area contributed by atoms with Crippen LogP contribution in [0.3, 0.4) is 0 Å². The van der Waals surface area contributed by atoms with Crippen LogP contribution in [0, 0.1) is 0 Å². The van der Waals surface area contributed by atoms with E-state index in [1.54, 1.807) is 6.26 Å². The highest BCUT2D eigenvalue weighted by Crippen LogP contribution is 2.36. The van der Waals surface area contributed by atoms with Crippen LogP contribution in [0.5, 0.6) is 0 Å². The molecule has 4 nitrogen and oxygen atoms in total. The van der Waals surface area contributed by atoms with Gasteiger partial charge in [0.2, 0.25) is 0 Å². The Morgan fingerprint density at radius 3 is 2.32 bits per heavy atom. The van der Waals surface area contributed by atoms with Gasteiger partial charge in [-0.25, -0.2) is 9.97 Å². The fraction of sp³-hybridized carbons (Fsp3) is 0. The number of fused-ring (bicyclic) bond motifs is 5. The summed E-state index contributed by atoms with van der Waals surface area (Å²) in [6.45, 7) is 0. The minimum absolute atomic E-state index is 0.721. The van der Waals surface area contributed by atoms with E-state index in [-0.39, 0.29) is 0 Å². The summed E-state index contributed by atoms with van der Waals surface area (Å²) in [5.41, 5.74) is 5.05. The summed E-state index contributed by atoms with van der Waals surface area (Å²) in [5.74, 6) is 0.721. The van der Waals surface area contributed by atoms with Gasteiger partial charge in [0, 0.05) is 21.7 Å². The van der Waals surface area contributed by atoms with Gasteiger partial charge in [0.25, 0.3) is 0 Å². The highest BCUT2D eigenvalue weighted by atomic mass is 16.3. The SMILES string of the molecule is c1ccc(-c2ncc(-n3c4ccccc4c4ccc5occc5c43)cn2)cc1. The molecule has 6 aromatic rings. The van der Waals surface area contributed by atoms with Crippen LogP contribution in [-0.4, -0.2) is 14.5 Å². The topological polar surface area (TPSA) is 43.9 Å². The normalized spacial score (nSPS) is 11.6. The maximum absolute atomic E-state index is 5.65. The van der Waals surface area contributed by atoms with Gasteiger partial charge < -0.3 is 8.98 Å². The molecule has 0 atom stereocenters. The highest BCUT2D eigenvalue weighted by Gasteiger charge is 2.16. The molecule has 0 aliphatic heterocycles. The third-order valence-corrected chi connectivity index (χ3v) is 5.19. The van der Waals surface area contributed by atoms with Crippen molar-refractivity contribution in [2.45, 2.75) is 0 Å². The average Bonchev–Trinajstić information content (AvgIpc) is 3.37. The Bertz CT molecular complexity index is 1440. The van der Waals surface area contributed by atoms with Crippen molar-refractivity contribution < 1.29 is 4.42 Å². The molecule has 132 valence electrons. The van der Waals surface area contributed by atoms with Gasteiger partial charge in [-0.2, -0.15) is 0 Å². The van der Waals surface area contributed by atoms with E-state index in [0.717, 1.165) is 39.1 Å². The molecule has 0 radical (unpaired) electrons. The smallest absolute Gasteiger partial charge is 0.159 e. The van der Waals surface area contributed by atoms with Crippen molar-refractivity contribution in [3.63, 3.8) is 0 Å². The van der Waals surface area contributed by atoms with Crippen LogP contribution in [0.4, 0.5) is 0 Å². The molecule has 0 fully saturated rings. The lowest BCUT2D eigenvalue weighted by atomic mass is 10.1. The van der Waals surface area contributed by atoms with E-state index < -0.39 is 0 Å². The van der Waals surface area contributed by atoms with E-state index >= 15 is 0 Å². The molecule has 0 spiro atoms.